The van der Waals surface area contributed by atoms with Gasteiger partial charge in [0, 0.05) is 37.8 Å². The van der Waals surface area contributed by atoms with Crippen molar-refractivity contribution in [1.82, 2.24) is 10.3 Å². The summed E-state index contributed by atoms with van der Waals surface area (Å²) in [7, 11) is 0. The van der Waals surface area contributed by atoms with Crippen LogP contribution in [0.2, 0.25) is 0 Å². The van der Waals surface area contributed by atoms with Gasteiger partial charge in [0.05, 0.1) is 6.61 Å². The molecular formula is C13H17N3O3. The third-order valence-corrected chi connectivity index (χ3v) is 4.31. The number of aromatic carboxylic acids is 1. The average Bonchev–Trinajstić information content (AvgIpc) is 2.95. The van der Waals surface area contributed by atoms with Crippen LogP contribution in [0.15, 0.2) is 18.3 Å². The Hall–Kier alpha value is -1.66. The lowest BCUT2D eigenvalue weighted by molar-refractivity contribution is 0.0697. The van der Waals surface area contributed by atoms with E-state index in [4.69, 9.17) is 0 Å². The highest BCUT2D eigenvalue weighted by molar-refractivity contribution is 5.93. The highest BCUT2D eigenvalue weighted by Gasteiger charge is 2.50. The number of nitrogens with zero attached hydrogens (tertiary/aromatic N) is 2. The minimum atomic E-state index is -0.962. The summed E-state index contributed by atoms with van der Waals surface area (Å²) >= 11 is 0. The number of carboxylic acids is 1. The number of aliphatic hydroxyl groups is 1. The Bertz CT molecular complexity index is 508. The summed E-state index contributed by atoms with van der Waals surface area (Å²) in [6.07, 6.45) is 1.61. The van der Waals surface area contributed by atoms with Crippen molar-refractivity contribution < 1.29 is 15.0 Å². The second kappa shape index (κ2) is 4.47. The number of hydrogen-bond acceptors (Lipinski definition) is 5. The molecule has 3 heterocycles. The minimum absolute atomic E-state index is 0.121. The van der Waals surface area contributed by atoms with Crippen LogP contribution in [0.4, 0.5) is 5.82 Å². The highest BCUT2D eigenvalue weighted by Crippen LogP contribution is 2.40. The Morgan fingerprint density at radius 1 is 1.63 bits per heavy atom. The summed E-state index contributed by atoms with van der Waals surface area (Å²) in [5, 5.41) is 22.2. The standard InChI is InChI=1S/C13H17N3O3/c17-8-13-6-14-4-9(13)5-16(7-13)11-10(12(18)19)2-1-3-15-11/h1-3,9,14,17H,4-8H2,(H,18,19). The summed E-state index contributed by atoms with van der Waals surface area (Å²) in [5.41, 5.74) is 0.0661. The number of pyridine rings is 1. The Balaban J connectivity index is 1.91. The molecule has 2 aliphatic heterocycles. The fraction of sp³-hybridized carbons (Fsp3) is 0.538. The molecule has 3 rings (SSSR count). The van der Waals surface area contributed by atoms with Crippen molar-refractivity contribution in [2.45, 2.75) is 0 Å². The monoisotopic (exact) mass is 263 g/mol. The normalized spacial score (nSPS) is 29.5. The first-order valence-corrected chi connectivity index (χ1v) is 6.41. The van der Waals surface area contributed by atoms with Crippen molar-refractivity contribution in [3.05, 3.63) is 23.9 Å². The van der Waals surface area contributed by atoms with E-state index in [1.165, 1.54) is 0 Å². The lowest BCUT2D eigenvalue weighted by Gasteiger charge is -2.25. The third kappa shape index (κ3) is 1.87. The van der Waals surface area contributed by atoms with Crippen LogP contribution in [0, 0.1) is 11.3 Å². The summed E-state index contributed by atoms with van der Waals surface area (Å²) in [6, 6.07) is 3.20. The number of aliphatic hydroxyl groups excluding tert-OH is 1. The Morgan fingerprint density at radius 3 is 3.16 bits per heavy atom. The molecule has 0 saturated carbocycles. The van der Waals surface area contributed by atoms with Crippen molar-refractivity contribution in [2.75, 3.05) is 37.7 Å². The minimum Gasteiger partial charge on any atom is -0.478 e. The first-order valence-electron chi connectivity index (χ1n) is 6.41. The molecular weight excluding hydrogens is 246 g/mol. The molecule has 19 heavy (non-hydrogen) atoms. The van der Waals surface area contributed by atoms with Gasteiger partial charge < -0.3 is 20.4 Å². The molecule has 0 radical (unpaired) electrons. The molecule has 2 unspecified atom stereocenters. The van der Waals surface area contributed by atoms with Gasteiger partial charge in [-0.3, -0.25) is 0 Å². The number of rotatable bonds is 3. The molecule has 3 N–H and O–H groups in total. The van der Waals surface area contributed by atoms with Crippen molar-refractivity contribution in [1.29, 1.82) is 0 Å². The van der Waals surface area contributed by atoms with Gasteiger partial charge in [-0.05, 0) is 18.1 Å². The number of hydrogen-bond donors (Lipinski definition) is 3. The van der Waals surface area contributed by atoms with Crippen molar-refractivity contribution in [2.24, 2.45) is 11.3 Å². The molecule has 2 atom stereocenters. The van der Waals surface area contributed by atoms with Crippen LogP contribution in [0.3, 0.4) is 0 Å². The SMILES string of the molecule is O=C(O)c1cccnc1N1CC2CNCC2(CO)C1. The molecule has 2 fully saturated rings. The molecule has 2 aliphatic rings. The van der Waals surface area contributed by atoms with Crippen LogP contribution >= 0.6 is 0 Å². The van der Waals surface area contributed by atoms with Crippen LogP contribution in [0.5, 0.6) is 0 Å². The van der Waals surface area contributed by atoms with E-state index in [-0.39, 0.29) is 17.6 Å². The number of carbonyl (C=O) groups is 1. The predicted octanol–water partition coefficient (Wildman–Crippen LogP) is -0.202. The number of fused-ring (bicyclic) bond motifs is 1. The summed E-state index contributed by atoms with van der Waals surface area (Å²) in [6.45, 7) is 3.16. The third-order valence-electron chi connectivity index (χ3n) is 4.31. The van der Waals surface area contributed by atoms with E-state index in [1.807, 2.05) is 4.90 Å². The van der Waals surface area contributed by atoms with Gasteiger partial charge in [0.2, 0.25) is 0 Å². The van der Waals surface area contributed by atoms with Crippen molar-refractivity contribution in [3.8, 4) is 0 Å². The van der Waals surface area contributed by atoms with Gasteiger partial charge in [-0.1, -0.05) is 0 Å². The smallest absolute Gasteiger partial charge is 0.339 e. The van der Waals surface area contributed by atoms with Gasteiger partial charge in [-0.15, -0.1) is 0 Å². The van der Waals surface area contributed by atoms with Crippen LogP contribution in [-0.4, -0.2) is 54.0 Å². The van der Waals surface area contributed by atoms with Gasteiger partial charge in [0.15, 0.2) is 0 Å². The maximum absolute atomic E-state index is 11.2. The van der Waals surface area contributed by atoms with Crippen molar-refractivity contribution in [3.63, 3.8) is 0 Å². The molecule has 0 bridgehead atoms. The zero-order chi connectivity index (χ0) is 13.5. The molecule has 6 heteroatoms. The molecule has 0 spiro atoms. The first kappa shape index (κ1) is 12.4. The number of aromatic nitrogens is 1. The predicted molar refractivity (Wildman–Crippen MR) is 69.3 cm³/mol. The molecule has 1 aromatic rings. The van der Waals surface area contributed by atoms with E-state index in [0.717, 1.165) is 19.6 Å². The number of nitrogens with one attached hydrogen (secondary N) is 1. The number of carboxylic acid groups (broad SMARTS) is 1. The second-order valence-corrected chi connectivity index (χ2v) is 5.41. The average molecular weight is 263 g/mol. The zero-order valence-corrected chi connectivity index (χ0v) is 10.5. The van der Waals surface area contributed by atoms with Crippen molar-refractivity contribution >= 4 is 11.8 Å². The van der Waals surface area contributed by atoms with Gasteiger partial charge in [-0.25, -0.2) is 9.78 Å². The first-order chi connectivity index (χ1) is 9.16. The molecule has 6 nitrogen and oxygen atoms in total. The largest absolute Gasteiger partial charge is 0.478 e. The molecule has 0 aliphatic carbocycles. The Labute approximate surface area is 111 Å². The van der Waals surface area contributed by atoms with Gasteiger partial charge in [-0.2, -0.15) is 0 Å². The molecule has 0 amide bonds. The topological polar surface area (TPSA) is 85.7 Å². The van der Waals surface area contributed by atoms with E-state index in [2.05, 4.69) is 10.3 Å². The molecule has 1 aromatic heterocycles. The van der Waals surface area contributed by atoms with E-state index >= 15 is 0 Å². The van der Waals surface area contributed by atoms with E-state index < -0.39 is 5.97 Å². The highest BCUT2D eigenvalue weighted by atomic mass is 16.4. The van der Waals surface area contributed by atoms with E-state index in [9.17, 15) is 15.0 Å². The molecule has 102 valence electrons. The molecule has 0 aromatic carbocycles. The van der Waals surface area contributed by atoms with Gasteiger partial charge >= 0.3 is 5.97 Å². The van der Waals surface area contributed by atoms with Crippen LogP contribution in [0.25, 0.3) is 0 Å². The quantitative estimate of drug-likeness (QED) is 0.700. The van der Waals surface area contributed by atoms with E-state index in [0.29, 0.717) is 18.3 Å². The van der Waals surface area contributed by atoms with E-state index in [1.54, 1.807) is 18.3 Å². The molecule has 2 saturated heterocycles. The fourth-order valence-electron chi connectivity index (χ4n) is 3.22. The van der Waals surface area contributed by atoms with Crippen LogP contribution in [-0.2, 0) is 0 Å². The number of anilines is 1. The summed E-state index contributed by atoms with van der Waals surface area (Å²) < 4.78 is 0. The van der Waals surface area contributed by atoms with Crippen LogP contribution in [0.1, 0.15) is 10.4 Å². The summed E-state index contributed by atoms with van der Waals surface area (Å²) in [5.74, 6) is -0.102. The Kier molecular flexibility index (Phi) is 2.91. The summed E-state index contributed by atoms with van der Waals surface area (Å²) in [4.78, 5) is 17.5. The maximum Gasteiger partial charge on any atom is 0.339 e. The Morgan fingerprint density at radius 2 is 2.47 bits per heavy atom. The lowest BCUT2D eigenvalue weighted by Crippen LogP contribution is -2.36. The zero-order valence-electron chi connectivity index (χ0n) is 10.5. The van der Waals surface area contributed by atoms with Gasteiger partial charge in [0.25, 0.3) is 0 Å². The lowest BCUT2D eigenvalue weighted by atomic mass is 9.82. The fourth-order valence-corrected chi connectivity index (χ4v) is 3.22. The van der Waals surface area contributed by atoms with Crippen LogP contribution < -0.4 is 10.2 Å². The maximum atomic E-state index is 11.2. The second-order valence-electron chi connectivity index (χ2n) is 5.41. The van der Waals surface area contributed by atoms with Gasteiger partial charge in [0.1, 0.15) is 11.4 Å².